The number of carbonyl (C=O) groups excluding carboxylic acids is 1. The number of anilines is 2. The maximum absolute atomic E-state index is 14.9. The van der Waals surface area contributed by atoms with Crippen molar-refractivity contribution in [3.8, 4) is 17.0 Å². The molecule has 1 amide bonds. The Balaban J connectivity index is 1.62. The van der Waals surface area contributed by atoms with Crippen molar-refractivity contribution < 1.29 is 27.1 Å². The molecule has 0 atom stereocenters. The van der Waals surface area contributed by atoms with Crippen molar-refractivity contribution in [1.82, 2.24) is 14.9 Å². The van der Waals surface area contributed by atoms with E-state index in [0.29, 0.717) is 23.3 Å². The smallest absolute Gasteiger partial charge is 0.420 e. The Morgan fingerprint density at radius 2 is 1.92 bits per heavy atom. The molecule has 0 aliphatic heterocycles. The highest BCUT2D eigenvalue weighted by molar-refractivity contribution is 7.14. The molecule has 0 radical (unpaired) electrons. The molecule has 0 N–H and O–H groups in total. The van der Waals surface area contributed by atoms with Crippen molar-refractivity contribution in [2.45, 2.75) is 25.4 Å². The summed E-state index contributed by atoms with van der Waals surface area (Å²) in [6, 6.07) is 10.6. The van der Waals surface area contributed by atoms with Crippen molar-refractivity contribution in [2.75, 3.05) is 32.1 Å². The van der Waals surface area contributed by atoms with Crippen LogP contribution in [0.3, 0.4) is 0 Å². The molecule has 1 aromatic carbocycles. The molecule has 3 heterocycles. The van der Waals surface area contributed by atoms with Gasteiger partial charge in [-0.15, -0.1) is 11.3 Å². The number of hydrogen-bond acceptors (Lipinski definition) is 7. The normalized spacial score (nSPS) is 11.7. The van der Waals surface area contributed by atoms with E-state index in [1.165, 1.54) is 29.4 Å². The van der Waals surface area contributed by atoms with Crippen molar-refractivity contribution in [2.24, 2.45) is 0 Å². The number of amides is 1. The number of rotatable bonds is 11. The lowest BCUT2D eigenvalue weighted by Gasteiger charge is -2.24. The van der Waals surface area contributed by atoms with E-state index in [4.69, 9.17) is 4.74 Å². The lowest BCUT2D eigenvalue weighted by molar-refractivity contribution is -0.139. The summed E-state index contributed by atoms with van der Waals surface area (Å²) >= 11 is 2.21. The van der Waals surface area contributed by atoms with Crippen molar-refractivity contribution in [3.05, 3.63) is 75.8 Å². The maximum Gasteiger partial charge on any atom is 0.420 e. The summed E-state index contributed by atoms with van der Waals surface area (Å²) in [5.41, 5.74) is -0.767. The second kappa shape index (κ2) is 12.7. The minimum absolute atomic E-state index is 0.0377. The molecular weight excluding hydrogens is 552 g/mol. The van der Waals surface area contributed by atoms with Gasteiger partial charge in [-0.25, -0.2) is 4.98 Å². The van der Waals surface area contributed by atoms with Crippen LogP contribution in [0.5, 0.6) is 5.75 Å². The topological polar surface area (TPSA) is 58.6 Å². The van der Waals surface area contributed by atoms with Crippen LogP contribution in [0.25, 0.3) is 11.3 Å². The predicted molar refractivity (Wildman–Crippen MR) is 145 cm³/mol. The minimum Gasteiger partial charge on any atom is -0.493 e. The second-order valence-electron chi connectivity index (χ2n) is 8.89. The van der Waals surface area contributed by atoms with Gasteiger partial charge in [-0.05, 0) is 75.1 Å². The molecule has 0 fully saturated rings. The van der Waals surface area contributed by atoms with E-state index < -0.39 is 22.8 Å². The fourth-order valence-electron chi connectivity index (χ4n) is 3.81. The van der Waals surface area contributed by atoms with Crippen LogP contribution in [0.1, 0.15) is 23.3 Å². The van der Waals surface area contributed by atoms with E-state index in [-0.39, 0.29) is 35.4 Å². The number of hydrogen-bond donors (Lipinski definition) is 0. The van der Waals surface area contributed by atoms with Gasteiger partial charge in [0.25, 0.3) is 0 Å². The van der Waals surface area contributed by atoms with Gasteiger partial charge in [0.1, 0.15) is 11.4 Å². The Morgan fingerprint density at radius 1 is 1.10 bits per heavy atom. The Labute approximate surface area is 231 Å². The number of thiophene rings is 1. The molecule has 0 aliphatic carbocycles. The summed E-state index contributed by atoms with van der Waals surface area (Å²) in [6.07, 6.45) is 0.394. The van der Waals surface area contributed by atoms with Crippen LogP contribution in [0.2, 0.25) is 0 Å². The van der Waals surface area contributed by atoms with Crippen LogP contribution < -0.4 is 9.64 Å². The van der Waals surface area contributed by atoms with Gasteiger partial charge in [-0.3, -0.25) is 14.7 Å². The molecule has 0 saturated heterocycles. The maximum atomic E-state index is 14.9. The highest BCUT2D eigenvalue weighted by Crippen LogP contribution is 2.41. The molecule has 3 aromatic heterocycles. The number of aryl methyl sites for hydroxylation is 1. The number of alkyl halides is 3. The Hall–Kier alpha value is -3.35. The molecule has 0 aliphatic rings. The number of pyridine rings is 1. The minimum atomic E-state index is -4.74. The number of aromatic nitrogens is 2. The lowest BCUT2D eigenvalue weighted by atomic mass is 10.1. The van der Waals surface area contributed by atoms with Gasteiger partial charge < -0.3 is 9.64 Å². The summed E-state index contributed by atoms with van der Waals surface area (Å²) in [5, 5.41) is 1.21. The number of halogens is 4. The number of ether oxygens (including phenoxy) is 1. The number of unbranched alkanes of at least 4 members (excludes halogenated alkanes) is 1. The standard InChI is InChI=1S/C27H26F4N4O2S2/c1-34(2)17-23(36)35(26-33-24(25(28)39-26)18-7-5-12-32-16-18)19-10-11-22(21(15-19)27(29,30)31)37-13-4-3-8-20-9-6-14-38-20/h5-7,9-12,14-16H,3-4,8,13,17H2,1-2H3. The average molecular weight is 579 g/mol. The SMILES string of the molecule is CN(C)CC(=O)N(c1ccc(OCCCCc2cccs2)c(C(F)(F)F)c1)c1nc(-c2cccnc2)c(F)s1. The second-order valence-corrected chi connectivity index (χ2v) is 10.9. The Kier molecular flexibility index (Phi) is 9.31. The molecule has 12 heteroatoms. The van der Waals surface area contributed by atoms with Gasteiger partial charge in [-0.2, -0.15) is 17.6 Å². The van der Waals surface area contributed by atoms with E-state index in [9.17, 15) is 22.4 Å². The Morgan fingerprint density at radius 3 is 2.59 bits per heavy atom. The first-order valence-electron chi connectivity index (χ1n) is 12.0. The van der Waals surface area contributed by atoms with E-state index >= 15 is 0 Å². The molecule has 0 spiro atoms. The first-order valence-corrected chi connectivity index (χ1v) is 13.7. The van der Waals surface area contributed by atoms with E-state index in [2.05, 4.69) is 9.97 Å². The van der Waals surface area contributed by atoms with E-state index in [1.54, 1.807) is 42.5 Å². The summed E-state index contributed by atoms with van der Waals surface area (Å²) in [5.74, 6) is -0.898. The number of benzene rings is 1. The van der Waals surface area contributed by atoms with Crippen LogP contribution in [0.4, 0.5) is 28.4 Å². The quantitative estimate of drug-likeness (QED) is 0.141. The first-order chi connectivity index (χ1) is 18.6. The number of carbonyl (C=O) groups is 1. The number of thiazole rings is 1. The zero-order valence-electron chi connectivity index (χ0n) is 21.2. The van der Waals surface area contributed by atoms with Crippen LogP contribution in [-0.2, 0) is 17.4 Å². The van der Waals surface area contributed by atoms with E-state index in [0.717, 1.165) is 23.8 Å². The third-order valence-electron chi connectivity index (χ3n) is 5.58. The highest BCUT2D eigenvalue weighted by Gasteiger charge is 2.36. The molecular formula is C27H26F4N4O2S2. The molecule has 6 nitrogen and oxygen atoms in total. The predicted octanol–water partition coefficient (Wildman–Crippen LogP) is 7.05. The fourth-order valence-corrected chi connectivity index (χ4v) is 5.42. The highest BCUT2D eigenvalue weighted by atomic mass is 32.1. The van der Waals surface area contributed by atoms with Crippen molar-refractivity contribution in [3.63, 3.8) is 0 Å². The van der Waals surface area contributed by atoms with Crippen LogP contribution in [0.15, 0.2) is 60.2 Å². The monoisotopic (exact) mass is 578 g/mol. The van der Waals surface area contributed by atoms with Gasteiger partial charge in [0, 0.05) is 22.8 Å². The number of nitrogens with zero attached hydrogens (tertiary/aromatic N) is 4. The molecule has 4 rings (SSSR count). The molecule has 0 bridgehead atoms. The third kappa shape index (κ3) is 7.40. The van der Waals surface area contributed by atoms with Crippen molar-refractivity contribution >= 4 is 39.4 Å². The molecule has 4 aromatic rings. The van der Waals surface area contributed by atoms with Crippen molar-refractivity contribution in [1.29, 1.82) is 0 Å². The summed E-state index contributed by atoms with van der Waals surface area (Å²) < 4.78 is 62.7. The first kappa shape index (κ1) is 28.7. The zero-order chi connectivity index (χ0) is 28.0. The lowest BCUT2D eigenvalue weighted by Crippen LogP contribution is -2.34. The number of likely N-dealkylation sites (N-methyl/N-ethyl adjacent to an activating group) is 1. The third-order valence-corrected chi connectivity index (χ3v) is 7.35. The summed E-state index contributed by atoms with van der Waals surface area (Å²) in [4.78, 5) is 25.2. The van der Waals surface area contributed by atoms with Gasteiger partial charge >= 0.3 is 6.18 Å². The zero-order valence-corrected chi connectivity index (χ0v) is 22.9. The average Bonchev–Trinajstić information content (AvgIpc) is 3.54. The molecule has 0 saturated carbocycles. The summed E-state index contributed by atoms with van der Waals surface area (Å²) in [6.45, 7) is -0.0174. The van der Waals surface area contributed by atoms with E-state index in [1.807, 2.05) is 17.5 Å². The van der Waals surface area contributed by atoms with Gasteiger partial charge in [0.15, 0.2) is 5.13 Å². The van der Waals surface area contributed by atoms with Gasteiger partial charge in [-0.1, -0.05) is 17.4 Å². The molecule has 39 heavy (non-hydrogen) atoms. The van der Waals surface area contributed by atoms with Gasteiger partial charge in [0.05, 0.1) is 24.4 Å². The van der Waals surface area contributed by atoms with Crippen LogP contribution in [0, 0.1) is 5.13 Å². The molecule has 206 valence electrons. The Bertz CT molecular complexity index is 1380. The fraction of sp³-hybridized carbons (Fsp3) is 0.296. The van der Waals surface area contributed by atoms with Crippen LogP contribution >= 0.6 is 22.7 Å². The largest absolute Gasteiger partial charge is 0.493 e. The van der Waals surface area contributed by atoms with Crippen LogP contribution in [-0.4, -0.2) is 48.0 Å². The summed E-state index contributed by atoms with van der Waals surface area (Å²) in [7, 11) is 3.30. The molecule has 0 unspecified atom stereocenters. The van der Waals surface area contributed by atoms with Gasteiger partial charge in [0.2, 0.25) is 11.0 Å².